The number of hydrogen-bond acceptors (Lipinski definition) is 2. The van der Waals surface area contributed by atoms with Crippen LogP contribution in [0.25, 0.3) is 0 Å². The van der Waals surface area contributed by atoms with E-state index >= 15 is 0 Å². The van der Waals surface area contributed by atoms with Crippen molar-refractivity contribution in [3.63, 3.8) is 0 Å². The number of nitrogens with zero attached hydrogens (tertiary/aromatic N) is 1. The van der Waals surface area contributed by atoms with Gasteiger partial charge in [-0.25, -0.2) is 8.42 Å². The highest BCUT2D eigenvalue weighted by Crippen LogP contribution is 2.23. The molecule has 0 atom stereocenters. The van der Waals surface area contributed by atoms with Crippen LogP contribution < -0.4 is 0 Å². The molecular formula is C15H24BrNO2S. The molecule has 0 fully saturated rings. The van der Waals surface area contributed by atoms with Crippen molar-refractivity contribution in [2.45, 2.75) is 51.5 Å². The summed E-state index contributed by atoms with van der Waals surface area (Å²) in [6, 6.07) is 5.41. The Morgan fingerprint density at radius 2 is 1.75 bits per heavy atom. The van der Waals surface area contributed by atoms with Crippen LogP contribution in [-0.2, 0) is 10.0 Å². The first-order chi connectivity index (χ1) is 9.38. The van der Waals surface area contributed by atoms with E-state index in [1.807, 2.05) is 33.8 Å². The van der Waals surface area contributed by atoms with Crippen LogP contribution in [0.1, 0.15) is 37.8 Å². The van der Waals surface area contributed by atoms with Crippen LogP contribution in [0.4, 0.5) is 0 Å². The standard InChI is InChI=1S/C15H24BrNO2S/c1-5-14(6-2)17(10-9-16)20(18,19)15-8-7-12(3)13(4)11-15/h7-8,11,14H,5-6,9-10H2,1-4H3. The minimum atomic E-state index is -3.42. The van der Waals surface area contributed by atoms with Gasteiger partial charge in [-0.1, -0.05) is 35.8 Å². The van der Waals surface area contributed by atoms with Crippen LogP contribution in [0.15, 0.2) is 23.1 Å². The van der Waals surface area contributed by atoms with Crippen LogP contribution in [0, 0.1) is 13.8 Å². The number of benzene rings is 1. The lowest BCUT2D eigenvalue weighted by Gasteiger charge is -2.29. The van der Waals surface area contributed by atoms with Gasteiger partial charge in [-0.3, -0.25) is 0 Å². The molecule has 0 saturated heterocycles. The SMILES string of the molecule is CCC(CC)N(CCBr)S(=O)(=O)c1ccc(C)c(C)c1. The molecule has 0 heterocycles. The van der Waals surface area contributed by atoms with Gasteiger partial charge in [0.05, 0.1) is 4.90 Å². The largest absolute Gasteiger partial charge is 0.243 e. The second-order valence-electron chi connectivity index (χ2n) is 5.02. The lowest BCUT2D eigenvalue weighted by molar-refractivity contribution is 0.317. The number of alkyl halides is 1. The van der Waals surface area contributed by atoms with Crippen molar-refractivity contribution >= 4 is 26.0 Å². The smallest absolute Gasteiger partial charge is 0.207 e. The summed E-state index contributed by atoms with van der Waals surface area (Å²) in [6.07, 6.45) is 1.65. The topological polar surface area (TPSA) is 37.4 Å². The maximum Gasteiger partial charge on any atom is 0.243 e. The van der Waals surface area contributed by atoms with Crippen molar-refractivity contribution in [3.8, 4) is 0 Å². The Morgan fingerprint density at radius 1 is 1.15 bits per heavy atom. The van der Waals surface area contributed by atoms with Crippen LogP contribution in [0.2, 0.25) is 0 Å². The third-order valence-corrected chi connectivity index (χ3v) is 6.04. The average Bonchev–Trinajstić information content (AvgIpc) is 2.42. The zero-order valence-corrected chi connectivity index (χ0v) is 15.1. The van der Waals surface area contributed by atoms with E-state index in [1.54, 1.807) is 16.4 Å². The van der Waals surface area contributed by atoms with E-state index in [0.29, 0.717) is 16.8 Å². The fraction of sp³-hybridized carbons (Fsp3) is 0.600. The van der Waals surface area contributed by atoms with Crippen molar-refractivity contribution in [1.82, 2.24) is 4.31 Å². The van der Waals surface area contributed by atoms with Gasteiger partial charge < -0.3 is 0 Å². The second kappa shape index (κ2) is 7.57. The summed E-state index contributed by atoms with van der Waals surface area (Å²) in [5.74, 6) is 0. The molecule has 1 aromatic rings. The minimum Gasteiger partial charge on any atom is -0.207 e. The predicted octanol–water partition coefficient (Wildman–Crippen LogP) is 3.88. The Kier molecular flexibility index (Phi) is 6.69. The summed E-state index contributed by atoms with van der Waals surface area (Å²) < 4.78 is 27.3. The van der Waals surface area contributed by atoms with E-state index in [9.17, 15) is 8.42 Å². The number of aryl methyl sites for hydroxylation is 2. The molecule has 0 amide bonds. The zero-order chi connectivity index (χ0) is 15.3. The van der Waals surface area contributed by atoms with Gasteiger partial charge in [0.1, 0.15) is 0 Å². The summed E-state index contributed by atoms with van der Waals surface area (Å²) in [5.41, 5.74) is 2.12. The third kappa shape index (κ3) is 3.83. The molecule has 0 aliphatic carbocycles. The first-order valence-corrected chi connectivity index (χ1v) is 9.59. The van der Waals surface area contributed by atoms with E-state index < -0.39 is 10.0 Å². The normalized spacial score (nSPS) is 12.3. The highest BCUT2D eigenvalue weighted by molar-refractivity contribution is 9.09. The molecule has 0 saturated carbocycles. The van der Waals surface area contributed by atoms with Crippen LogP contribution in [0.5, 0.6) is 0 Å². The van der Waals surface area contributed by atoms with Crippen LogP contribution >= 0.6 is 15.9 Å². The predicted molar refractivity (Wildman–Crippen MR) is 88.0 cm³/mol. The maximum atomic E-state index is 12.9. The van der Waals surface area contributed by atoms with Gasteiger partial charge in [0.2, 0.25) is 10.0 Å². The molecular weight excluding hydrogens is 338 g/mol. The first-order valence-electron chi connectivity index (χ1n) is 7.03. The van der Waals surface area contributed by atoms with Crippen molar-refractivity contribution in [1.29, 1.82) is 0 Å². The van der Waals surface area contributed by atoms with Gasteiger partial charge in [-0.2, -0.15) is 4.31 Å². The minimum absolute atomic E-state index is 0.0548. The van der Waals surface area contributed by atoms with Crippen molar-refractivity contribution in [2.75, 3.05) is 11.9 Å². The second-order valence-corrected chi connectivity index (χ2v) is 7.70. The van der Waals surface area contributed by atoms with E-state index in [4.69, 9.17) is 0 Å². The van der Waals surface area contributed by atoms with Gasteiger partial charge in [0, 0.05) is 17.9 Å². The Bertz CT molecular complexity index is 539. The van der Waals surface area contributed by atoms with E-state index in [0.717, 1.165) is 24.0 Å². The highest BCUT2D eigenvalue weighted by atomic mass is 79.9. The van der Waals surface area contributed by atoms with E-state index in [1.165, 1.54) is 0 Å². The van der Waals surface area contributed by atoms with Gasteiger partial charge in [-0.15, -0.1) is 0 Å². The van der Waals surface area contributed by atoms with E-state index in [-0.39, 0.29) is 6.04 Å². The number of hydrogen-bond donors (Lipinski definition) is 0. The van der Waals surface area contributed by atoms with Crippen LogP contribution in [-0.4, -0.2) is 30.6 Å². The zero-order valence-electron chi connectivity index (χ0n) is 12.7. The summed E-state index contributed by atoms with van der Waals surface area (Å²) in [4.78, 5) is 0.397. The lowest BCUT2D eigenvalue weighted by atomic mass is 10.1. The Morgan fingerprint density at radius 3 is 2.20 bits per heavy atom. The molecule has 5 heteroatoms. The molecule has 0 unspecified atom stereocenters. The molecule has 0 spiro atoms. The van der Waals surface area contributed by atoms with Crippen LogP contribution in [0.3, 0.4) is 0 Å². The Labute approximate surface area is 131 Å². The molecule has 1 rings (SSSR count). The molecule has 20 heavy (non-hydrogen) atoms. The highest BCUT2D eigenvalue weighted by Gasteiger charge is 2.29. The fourth-order valence-corrected chi connectivity index (χ4v) is 4.76. The van der Waals surface area contributed by atoms with Gasteiger partial charge in [0.25, 0.3) is 0 Å². The molecule has 0 aliphatic heterocycles. The molecule has 0 bridgehead atoms. The first kappa shape index (κ1) is 17.7. The van der Waals surface area contributed by atoms with E-state index in [2.05, 4.69) is 15.9 Å². The molecule has 0 aliphatic rings. The number of sulfonamides is 1. The molecule has 114 valence electrons. The molecule has 3 nitrogen and oxygen atoms in total. The summed E-state index contributed by atoms with van der Waals surface area (Å²) in [5, 5.41) is 0.646. The van der Waals surface area contributed by atoms with Crippen molar-refractivity contribution in [3.05, 3.63) is 29.3 Å². The molecule has 1 aromatic carbocycles. The summed E-state index contributed by atoms with van der Waals surface area (Å²) in [7, 11) is -3.42. The summed E-state index contributed by atoms with van der Waals surface area (Å²) in [6.45, 7) is 8.50. The van der Waals surface area contributed by atoms with Gasteiger partial charge in [0.15, 0.2) is 0 Å². The third-order valence-electron chi connectivity index (χ3n) is 3.74. The molecule has 0 N–H and O–H groups in total. The average molecular weight is 362 g/mol. The number of halogens is 1. The van der Waals surface area contributed by atoms with Gasteiger partial charge in [-0.05, 0) is 49.9 Å². The summed E-state index contributed by atoms with van der Waals surface area (Å²) >= 11 is 3.36. The number of rotatable bonds is 7. The Balaban J connectivity index is 3.24. The monoisotopic (exact) mass is 361 g/mol. The van der Waals surface area contributed by atoms with Crippen molar-refractivity contribution < 1.29 is 8.42 Å². The maximum absolute atomic E-state index is 12.9. The Hall–Kier alpha value is -0.390. The molecule has 0 radical (unpaired) electrons. The molecule has 0 aromatic heterocycles. The lowest BCUT2D eigenvalue weighted by Crippen LogP contribution is -2.40. The van der Waals surface area contributed by atoms with Crippen molar-refractivity contribution in [2.24, 2.45) is 0 Å². The quantitative estimate of drug-likeness (QED) is 0.691. The fourth-order valence-electron chi connectivity index (χ4n) is 2.29. The van der Waals surface area contributed by atoms with Gasteiger partial charge >= 0.3 is 0 Å².